The van der Waals surface area contributed by atoms with E-state index in [0.717, 1.165) is 24.0 Å². The molecular formula is C18H21N5O2. The second-order valence-corrected chi connectivity index (χ2v) is 6.17. The highest BCUT2D eigenvalue weighted by Gasteiger charge is 2.25. The summed E-state index contributed by atoms with van der Waals surface area (Å²) in [6, 6.07) is 7.18. The molecule has 1 aromatic heterocycles. The predicted molar refractivity (Wildman–Crippen MR) is 94.7 cm³/mol. The number of hydrogen-bond acceptors (Lipinski definition) is 5. The lowest BCUT2D eigenvalue weighted by Gasteiger charge is -2.15. The number of carbonyl (C=O) groups is 2. The zero-order valence-corrected chi connectivity index (χ0v) is 14.1. The molecule has 0 unspecified atom stereocenters. The lowest BCUT2D eigenvalue weighted by Crippen LogP contribution is -2.45. The number of nitrogens with one attached hydrogen (secondary N) is 2. The van der Waals surface area contributed by atoms with Crippen LogP contribution in [0.5, 0.6) is 0 Å². The highest BCUT2D eigenvalue weighted by molar-refractivity contribution is 5.99. The van der Waals surface area contributed by atoms with E-state index in [2.05, 4.69) is 20.6 Å². The van der Waals surface area contributed by atoms with Crippen LogP contribution in [0.1, 0.15) is 35.3 Å². The third kappa shape index (κ3) is 3.93. The fraction of sp³-hybridized carbons (Fsp3) is 0.333. The van der Waals surface area contributed by atoms with E-state index >= 15 is 0 Å². The molecule has 0 saturated carbocycles. The van der Waals surface area contributed by atoms with E-state index in [1.54, 1.807) is 0 Å². The molecule has 1 atom stereocenters. The molecule has 4 N–H and O–H groups in total. The Morgan fingerprint density at radius 2 is 2.04 bits per heavy atom. The molecule has 3 rings (SSSR count). The highest BCUT2D eigenvalue weighted by atomic mass is 16.2. The summed E-state index contributed by atoms with van der Waals surface area (Å²) in [5.74, 6) is -0.615. The molecule has 1 saturated heterocycles. The number of hydrogen-bond donors (Lipinski definition) is 3. The molecule has 1 fully saturated rings. The van der Waals surface area contributed by atoms with Crippen LogP contribution < -0.4 is 16.4 Å². The van der Waals surface area contributed by atoms with Gasteiger partial charge in [0.2, 0.25) is 5.91 Å². The van der Waals surface area contributed by atoms with Gasteiger partial charge < -0.3 is 16.4 Å². The van der Waals surface area contributed by atoms with E-state index < -0.39 is 11.9 Å². The molecule has 0 aliphatic carbocycles. The van der Waals surface area contributed by atoms with Crippen molar-refractivity contribution < 1.29 is 9.59 Å². The Bertz CT molecular complexity index is 789. The number of aryl methyl sites for hydroxylation is 1. The fourth-order valence-electron chi connectivity index (χ4n) is 2.73. The van der Waals surface area contributed by atoms with Gasteiger partial charge >= 0.3 is 0 Å². The van der Waals surface area contributed by atoms with Crippen LogP contribution in [0, 0.1) is 6.92 Å². The van der Waals surface area contributed by atoms with Gasteiger partial charge in [-0.15, -0.1) is 0 Å². The normalized spacial score (nSPS) is 17.5. The molecule has 2 aromatic rings. The van der Waals surface area contributed by atoms with Gasteiger partial charge in [-0.2, -0.15) is 0 Å². The van der Waals surface area contributed by atoms with Gasteiger partial charge in [-0.1, -0.05) is 29.8 Å². The third-order valence-corrected chi connectivity index (χ3v) is 4.20. The first-order valence-corrected chi connectivity index (χ1v) is 8.33. The summed E-state index contributed by atoms with van der Waals surface area (Å²) in [6.45, 7) is 2.63. The molecule has 0 radical (unpaired) electrons. The van der Waals surface area contributed by atoms with Crippen LogP contribution in [-0.4, -0.2) is 34.4 Å². The molecule has 2 heterocycles. The van der Waals surface area contributed by atoms with Gasteiger partial charge in [0, 0.05) is 12.1 Å². The van der Waals surface area contributed by atoms with Crippen molar-refractivity contribution in [2.75, 3.05) is 12.3 Å². The lowest BCUT2D eigenvalue weighted by atomic mass is 10.1. The molecule has 0 spiro atoms. The number of rotatable bonds is 3. The van der Waals surface area contributed by atoms with E-state index in [9.17, 15) is 9.59 Å². The number of benzene rings is 1. The third-order valence-electron chi connectivity index (χ3n) is 4.20. The second-order valence-electron chi connectivity index (χ2n) is 6.17. The first kappa shape index (κ1) is 16.9. The SMILES string of the molecule is Cc1ccc(-c2cnc(N)c(C(=O)N[C@H]3CCCCNC3=O)n2)cc1. The number of carbonyl (C=O) groups excluding carboxylic acids is 2. The van der Waals surface area contributed by atoms with Gasteiger partial charge in [-0.3, -0.25) is 9.59 Å². The Hall–Kier alpha value is -2.96. The maximum Gasteiger partial charge on any atom is 0.274 e. The van der Waals surface area contributed by atoms with Crippen molar-refractivity contribution in [3.05, 3.63) is 41.7 Å². The number of aromatic nitrogens is 2. The minimum Gasteiger partial charge on any atom is -0.382 e. The largest absolute Gasteiger partial charge is 0.382 e. The van der Waals surface area contributed by atoms with Crippen LogP contribution in [0.4, 0.5) is 5.82 Å². The van der Waals surface area contributed by atoms with E-state index in [0.29, 0.717) is 18.7 Å². The molecule has 1 aliphatic heterocycles. The topological polar surface area (TPSA) is 110 Å². The molecule has 0 bridgehead atoms. The highest BCUT2D eigenvalue weighted by Crippen LogP contribution is 2.19. The van der Waals surface area contributed by atoms with Crippen molar-refractivity contribution >= 4 is 17.6 Å². The van der Waals surface area contributed by atoms with Crippen molar-refractivity contribution in [3.63, 3.8) is 0 Å². The molecular weight excluding hydrogens is 318 g/mol. The fourth-order valence-corrected chi connectivity index (χ4v) is 2.73. The summed E-state index contributed by atoms with van der Waals surface area (Å²) in [4.78, 5) is 33.0. The summed E-state index contributed by atoms with van der Waals surface area (Å²) < 4.78 is 0. The summed E-state index contributed by atoms with van der Waals surface area (Å²) in [7, 11) is 0. The van der Waals surface area contributed by atoms with Crippen LogP contribution in [-0.2, 0) is 4.79 Å². The molecule has 7 heteroatoms. The lowest BCUT2D eigenvalue weighted by molar-refractivity contribution is -0.122. The zero-order chi connectivity index (χ0) is 17.8. The smallest absolute Gasteiger partial charge is 0.274 e. The molecule has 25 heavy (non-hydrogen) atoms. The average Bonchev–Trinajstić information content (AvgIpc) is 2.81. The van der Waals surface area contributed by atoms with E-state index in [-0.39, 0.29) is 17.4 Å². The average molecular weight is 339 g/mol. The van der Waals surface area contributed by atoms with Crippen molar-refractivity contribution in [3.8, 4) is 11.3 Å². The Labute approximate surface area is 146 Å². The molecule has 1 aromatic carbocycles. The van der Waals surface area contributed by atoms with Gasteiger partial charge in [0.15, 0.2) is 11.5 Å². The summed E-state index contributed by atoms with van der Waals surface area (Å²) in [5.41, 5.74) is 8.40. The monoisotopic (exact) mass is 339 g/mol. The summed E-state index contributed by atoms with van der Waals surface area (Å²) in [5, 5.41) is 5.51. The number of nitrogens with zero attached hydrogens (tertiary/aromatic N) is 2. The Balaban J connectivity index is 1.83. The van der Waals surface area contributed by atoms with Crippen LogP contribution in [0.2, 0.25) is 0 Å². The quantitative estimate of drug-likeness (QED) is 0.783. The van der Waals surface area contributed by atoms with Gasteiger partial charge in [0.1, 0.15) is 6.04 Å². The minimum atomic E-state index is -0.570. The Morgan fingerprint density at radius 3 is 2.80 bits per heavy atom. The first-order chi connectivity index (χ1) is 12.0. The maximum atomic E-state index is 12.6. The van der Waals surface area contributed by atoms with Crippen molar-refractivity contribution in [1.29, 1.82) is 0 Å². The number of nitrogens with two attached hydrogens (primary N) is 1. The standard InChI is InChI=1S/C18H21N5O2/c1-11-5-7-12(8-6-11)14-10-21-16(19)15(22-14)18(25)23-13-4-2-3-9-20-17(13)24/h5-8,10,13H,2-4,9H2,1H3,(H2,19,21)(H,20,24)(H,23,25)/t13-/m0/s1. The van der Waals surface area contributed by atoms with E-state index in [1.807, 2.05) is 31.2 Å². The minimum absolute atomic E-state index is 0.0371. The first-order valence-electron chi connectivity index (χ1n) is 8.33. The number of anilines is 1. The van der Waals surface area contributed by atoms with Gasteiger partial charge in [0.05, 0.1) is 11.9 Å². The zero-order valence-electron chi connectivity index (χ0n) is 14.1. The molecule has 130 valence electrons. The van der Waals surface area contributed by atoms with Crippen LogP contribution in [0.3, 0.4) is 0 Å². The molecule has 1 aliphatic rings. The summed E-state index contributed by atoms with van der Waals surface area (Å²) >= 11 is 0. The van der Waals surface area contributed by atoms with Crippen molar-refractivity contribution in [1.82, 2.24) is 20.6 Å². The predicted octanol–water partition coefficient (Wildman–Crippen LogP) is 1.43. The Morgan fingerprint density at radius 1 is 1.28 bits per heavy atom. The number of amides is 2. The van der Waals surface area contributed by atoms with Crippen LogP contribution in [0.15, 0.2) is 30.5 Å². The Kier molecular flexibility index (Phi) is 4.92. The maximum absolute atomic E-state index is 12.6. The van der Waals surface area contributed by atoms with Crippen LogP contribution >= 0.6 is 0 Å². The van der Waals surface area contributed by atoms with Crippen molar-refractivity contribution in [2.45, 2.75) is 32.2 Å². The summed E-state index contributed by atoms with van der Waals surface area (Å²) in [6.07, 6.45) is 3.91. The molecule has 7 nitrogen and oxygen atoms in total. The van der Waals surface area contributed by atoms with E-state index in [4.69, 9.17) is 5.73 Å². The van der Waals surface area contributed by atoms with E-state index in [1.165, 1.54) is 6.20 Å². The van der Waals surface area contributed by atoms with Gasteiger partial charge in [-0.25, -0.2) is 9.97 Å². The number of nitrogen functional groups attached to an aromatic ring is 1. The van der Waals surface area contributed by atoms with Gasteiger partial charge in [0.25, 0.3) is 5.91 Å². The molecule has 2 amide bonds. The second kappa shape index (κ2) is 7.29. The van der Waals surface area contributed by atoms with Crippen molar-refractivity contribution in [2.24, 2.45) is 0 Å². The van der Waals surface area contributed by atoms with Gasteiger partial charge in [-0.05, 0) is 26.2 Å². The van der Waals surface area contributed by atoms with Crippen LogP contribution in [0.25, 0.3) is 11.3 Å².